The molecule has 0 amide bonds. The highest BCUT2D eigenvalue weighted by atomic mass is 32.1. The lowest BCUT2D eigenvalue weighted by Gasteiger charge is -2.35. The van der Waals surface area contributed by atoms with Gasteiger partial charge in [0.25, 0.3) is 0 Å². The summed E-state index contributed by atoms with van der Waals surface area (Å²) >= 11 is 1.82. The van der Waals surface area contributed by atoms with Crippen molar-refractivity contribution >= 4 is 31.5 Å². The first-order valence-electron chi connectivity index (χ1n) is 21.1. The topological polar surface area (TPSA) is 38.7 Å². The van der Waals surface area contributed by atoms with Crippen LogP contribution >= 0.6 is 11.3 Å². The van der Waals surface area contributed by atoms with Crippen LogP contribution in [0.25, 0.3) is 98.8 Å². The molecule has 2 heterocycles. The minimum atomic E-state index is -0.609. The number of benzene rings is 9. The zero-order chi connectivity index (χ0) is 40.8. The van der Waals surface area contributed by atoms with Crippen LogP contribution in [-0.4, -0.2) is 15.0 Å². The van der Waals surface area contributed by atoms with Gasteiger partial charge in [0, 0.05) is 36.9 Å². The van der Waals surface area contributed by atoms with Crippen LogP contribution in [0, 0.1) is 0 Å². The normalized spacial score (nSPS) is 13.0. The van der Waals surface area contributed by atoms with E-state index in [0.29, 0.717) is 17.5 Å². The summed E-state index contributed by atoms with van der Waals surface area (Å²) < 4.78 is 2.51. The van der Waals surface area contributed by atoms with E-state index >= 15 is 0 Å². The Morgan fingerprint density at radius 3 is 1.50 bits per heavy atom. The van der Waals surface area contributed by atoms with E-state index in [9.17, 15) is 0 Å². The molecule has 0 N–H and O–H groups in total. The zero-order valence-electron chi connectivity index (χ0n) is 33.5. The molecule has 0 radical (unpaired) electrons. The maximum absolute atomic E-state index is 5.46. The molecule has 2 aliphatic carbocycles. The number of hydrogen-bond acceptors (Lipinski definition) is 4. The van der Waals surface area contributed by atoms with Crippen LogP contribution < -0.4 is 0 Å². The fourth-order valence-corrected chi connectivity index (χ4v) is 11.5. The minimum absolute atomic E-state index is 0.609. The highest BCUT2D eigenvalue weighted by Crippen LogP contribution is 2.62. The molecule has 0 aliphatic heterocycles. The van der Waals surface area contributed by atoms with Crippen LogP contribution in [0.4, 0.5) is 0 Å². The van der Waals surface area contributed by atoms with E-state index in [1.807, 2.05) is 11.3 Å². The zero-order valence-corrected chi connectivity index (χ0v) is 34.3. The van der Waals surface area contributed by atoms with Crippen molar-refractivity contribution < 1.29 is 0 Å². The van der Waals surface area contributed by atoms with E-state index in [0.717, 1.165) is 33.4 Å². The van der Waals surface area contributed by atoms with Crippen molar-refractivity contribution in [2.75, 3.05) is 0 Å². The van der Waals surface area contributed by atoms with Crippen LogP contribution in [0.5, 0.6) is 0 Å². The number of thiophene rings is 1. The Morgan fingerprint density at radius 2 is 0.774 bits per heavy atom. The molecule has 0 saturated heterocycles. The summed E-state index contributed by atoms with van der Waals surface area (Å²) in [5, 5.41) is 2.45. The highest BCUT2D eigenvalue weighted by molar-refractivity contribution is 7.25. The molecule has 9 aromatic carbocycles. The maximum atomic E-state index is 5.46. The first kappa shape index (κ1) is 35.0. The number of hydrogen-bond donors (Lipinski definition) is 0. The predicted molar refractivity (Wildman–Crippen MR) is 256 cm³/mol. The van der Waals surface area contributed by atoms with Gasteiger partial charge >= 0.3 is 0 Å². The van der Waals surface area contributed by atoms with Gasteiger partial charge in [0.15, 0.2) is 17.5 Å². The number of aromatic nitrogens is 3. The van der Waals surface area contributed by atoms with E-state index in [2.05, 4.69) is 212 Å². The quantitative estimate of drug-likeness (QED) is 0.178. The lowest BCUT2D eigenvalue weighted by Crippen LogP contribution is -2.29. The van der Waals surface area contributed by atoms with Crippen molar-refractivity contribution in [2.45, 2.75) is 5.41 Å². The lowest BCUT2D eigenvalue weighted by molar-refractivity contribution is 0.775. The minimum Gasteiger partial charge on any atom is -0.208 e. The molecule has 0 saturated carbocycles. The second-order valence-corrected chi connectivity index (χ2v) is 17.3. The molecule has 288 valence electrons. The number of nitrogens with zero attached hydrogens (tertiary/aromatic N) is 3. The third kappa shape index (κ3) is 5.08. The van der Waals surface area contributed by atoms with Crippen molar-refractivity contribution in [3.63, 3.8) is 0 Å². The van der Waals surface area contributed by atoms with Gasteiger partial charge in [-0.05, 0) is 97.1 Å². The fraction of sp³-hybridized carbons (Fsp3) is 0.0172. The second-order valence-electron chi connectivity index (χ2n) is 16.2. The van der Waals surface area contributed by atoms with E-state index < -0.39 is 5.41 Å². The van der Waals surface area contributed by atoms with Crippen molar-refractivity contribution in [1.29, 1.82) is 0 Å². The first-order valence-corrected chi connectivity index (χ1v) is 21.9. The molecule has 11 aromatic rings. The SMILES string of the molecule is c1ccc(-c2cccc(-c3nc(-c4ccc5sc6ccccc6c5c4)nc(-c4cccc5c4-c4ccccc4C54c5ccccc5-c5ccccc5-c5ccccc54)n3)c2)cc1. The van der Waals surface area contributed by atoms with E-state index in [-0.39, 0.29) is 0 Å². The smallest absolute Gasteiger partial charge is 0.164 e. The summed E-state index contributed by atoms with van der Waals surface area (Å²) in [5.74, 6) is 1.93. The largest absolute Gasteiger partial charge is 0.208 e. The van der Waals surface area contributed by atoms with Gasteiger partial charge in [-0.1, -0.05) is 182 Å². The van der Waals surface area contributed by atoms with E-state index in [1.165, 1.54) is 70.2 Å². The van der Waals surface area contributed by atoms with Crippen molar-refractivity contribution in [2.24, 2.45) is 0 Å². The van der Waals surface area contributed by atoms with Gasteiger partial charge in [-0.3, -0.25) is 0 Å². The molecule has 1 spiro atoms. The van der Waals surface area contributed by atoms with Gasteiger partial charge in [-0.25, -0.2) is 15.0 Å². The lowest BCUT2D eigenvalue weighted by atomic mass is 9.66. The molecule has 0 bridgehead atoms. The molecule has 62 heavy (non-hydrogen) atoms. The van der Waals surface area contributed by atoms with Gasteiger partial charge in [-0.2, -0.15) is 0 Å². The second kappa shape index (κ2) is 13.6. The fourth-order valence-electron chi connectivity index (χ4n) is 10.4. The molecule has 0 fully saturated rings. The summed E-state index contributed by atoms with van der Waals surface area (Å²) in [6.07, 6.45) is 0. The van der Waals surface area contributed by atoms with Crippen LogP contribution in [0.15, 0.2) is 212 Å². The maximum Gasteiger partial charge on any atom is 0.164 e. The molecule has 3 nitrogen and oxygen atoms in total. The van der Waals surface area contributed by atoms with Crippen molar-refractivity contribution in [1.82, 2.24) is 15.0 Å². The summed E-state index contributed by atoms with van der Waals surface area (Å²) in [6, 6.07) is 77.0. The summed E-state index contributed by atoms with van der Waals surface area (Å²) in [7, 11) is 0. The Bertz CT molecular complexity index is 3540. The monoisotopic (exact) mass is 805 g/mol. The number of rotatable bonds is 4. The Hall–Kier alpha value is -7.79. The van der Waals surface area contributed by atoms with Crippen molar-refractivity contribution in [3.05, 3.63) is 235 Å². The molecule has 2 aromatic heterocycles. The van der Waals surface area contributed by atoms with Crippen LogP contribution in [0.1, 0.15) is 22.3 Å². The molecular weight excluding hydrogens is 771 g/mol. The molecular formula is C58H35N3S. The van der Waals surface area contributed by atoms with Gasteiger partial charge in [0.1, 0.15) is 0 Å². The molecule has 13 rings (SSSR count). The summed E-state index contributed by atoms with van der Waals surface area (Å²) in [5.41, 5.74) is 16.9. The first-order chi connectivity index (χ1) is 30.7. The van der Waals surface area contributed by atoms with Gasteiger partial charge in [0.2, 0.25) is 0 Å². The van der Waals surface area contributed by atoms with Gasteiger partial charge in [-0.15, -0.1) is 11.3 Å². The molecule has 0 unspecified atom stereocenters. The van der Waals surface area contributed by atoms with Gasteiger partial charge < -0.3 is 0 Å². The van der Waals surface area contributed by atoms with Crippen LogP contribution in [-0.2, 0) is 5.41 Å². The molecule has 0 atom stereocenters. The summed E-state index contributed by atoms with van der Waals surface area (Å²) in [6.45, 7) is 0. The highest BCUT2D eigenvalue weighted by Gasteiger charge is 2.50. The predicted octanol–water partition coefficient (Wildman–Crippen LogP) is 14.9. The van der Waals surface area contributed by atoms with E-state index in [4.69, 9.17) is 15.0 Å². The third-order valence-corrected chi connectivity index (χ3v) is 14.1. The Morgan fingerprint density at radius 1 is 0.290 bits per heavy atom. The van der Waals surface area contributed by atoms with Gasteiger partial charge in [0.05, 0.1) is 5.41 Å². The van der Waals surface area contributed by atoms with Crippen molar-refractivity contribution in [3.8, 4) is 78.7 Å². The molecule has 2 aliphatic rings. The molecule has 4 heteroatoms. The van der Waals surface area contributed by atoms with Crippen LogP contribution in [0.2, 0.25) is 0 Å². The average Bonchev–Trinajstić information content (AvgIpc) is 3.84. The third-order valence-electron chi connectivity index (χ3n) is 13.0. The standard InChI is InChI=1S/C58H35N3S/c1-2-16-36(17-3-1)37-18-14-19-38(34-37)55-59-56(39-32-33-53-47(35-39)44-24-9-13-31-52(44)62-53)61-57(60-55)46-26-15-30-51-54(46)45-25-8-12-29-50(45)58(51)48-27-10-6-22-42(48)40-20-4-5-21-41(40)43-23-7-11-28-49(43)58/h1-35H. The number of fused-ring (bicyclic) bond motifs is 15. The Kier molecular flexibility index (Phi) is 7.69. The Labute approximate surface area is 363 Å². The summed E-state index contributed by atoms with van der Waals surface area (Å²) in [4.78, 5) is 16.2. The van der Waals surface area contributed by atoms with Crippen LogP contribution in [0.3, 0.4) is 0 Å². The Balaban J connectivity index is 1.10. The average molecular weight is 806 g/mol. The van der Waals surface area contributed by atoms with E-state index in [1.54, 1.807) is 0 Å².